The van der Waals surface area contributed by atoms with Gasteiger partial charge >= 0.3 is 0 Å². The number of phenols is 1. The normalized spacial score (nSPS) is 13.5. The van der Waals surface area contributed by atoms with Crippen molar-refractivity contribution < 1.29 is 23.4 Å². The minimum atomic E-state index is -0.652. The molecule has 0 unspecified atom stereocenters. The Kier molecular flexibility index (Phi) is 10.9. The first-order valence-electron chi connectivity index (χ1n) is 17.1. The summed E-state index contributed by atoms with van der Waals surface area (Å²) in [4.78, 5) is 25.6. The van der Waals surface area contributed by atoms with Crippen LogP contribution in [-0.4, -0.2) is 23.8 Å². The van der Waals surface area contributed by atoms with Gasteiger partial charge in [-0.1, -0.05) is 64.1 Å². The van der Waals surface area contributed by atoms with Crippen LogP contribution in [0.3, 0.4) is 0 Å². The number of hydrogen-bond acceptors (Lipinski definition) is 5. The van der Waals surface area contributed by atoms with Gasteiger partial charge in [-0.3, -0.25) is 19.0 Å². The molecule has 0 bridgehead atoms. The smallest absolute Gasteiger partial charge is 0.276 e. The van der Waals surface area contributed by atoms with Crippen LogP contribution in [0.5, 0.6) is 28.7 Å². The van der Waals surface area contributed by atoms with Crippen LogP contribution in [-0.2, 0) is 26.2 Å². The summed E-state index contributed by atoms with van der Waals surface area (Å²) in [6, 6.07) is 18.5. The molecule has 15 heteroatoms. The van der Waals surface area contributed by atoms with Gasteiger partial charge in [-0.05, 0) is 93.3 Å². The van der Waals surface area contributed by atoms with Gasteiger partial charge in [0, 0.05) is 37.3 Å². The number of aromatic hydroxyl groups is 1. The lowest BCUT2D eigenvalue weighted by Gasteiger charge is -2.17. The van der Waals surface area contributed by atoms with Crippen LogP contribution in [0.2, 0.25) is 20.4 Å². The number of aryl methyl sites for hydroxylation is 1. The fraction of sp³-hybridized carbons (Fsp3) is 0.231. The average molecular weight is 817 g/mol. The highest BCUT2D eigenvalue weighted by atomic mass is 35.5. The largest absolute Gasteiger partial charge is 0.508 e. The third kappa shape index (κ3) is 7.38. The van der Waals surface area contributed by atoms with E-state index in [1.165, 1.54) is 28.9 Å². The van der Waals surface area contributed by atoms with Gasteiger partial charge < -0.3 is 14.6 Å². The quantitative estimate of drug-likeness (QED) is 0.181. The van der Waals surface area contributed by atoms with Crippen molar-refractivity contribution in [3.63, 3.8) is 0 Å². The van der Waals surface area contributed by atoms with Crippen molar-refractivity contribution in [2.24, 2.45) is 0 Å². The summed E-state index contributed by atoms with van der Waals surface area (Å²) in [6.45, 7) is 4.33. The Labute approximate surface area is 328 Å². The summed E-state index contributed by atoms with van der Waals surface area (Å²) in [5.74, 6) is 0.252. The molecule has 2 aliphatic heterocycles. The van der Waals surface area contributed by atoms with Crippen molar-refractivity contribution in [1.82, 2.24) is 18.7 Å². The molecule has 0 radical (unpaired) electrons. The van der Waals surface area contributed by atoms with Gasteiger partial charge in [0.1, 0.15) is 50.7 Å². The standard InChI is InChI=1S/C20H17Cl2FN2O2.C19H15Cl2FN2O3/c1-12-4-6-13(7-5-12)27-17-10-14(16(23)11-15(17)21)18-19(22)24-8-2-3-9-25(24)20(18)26;20-14-10-15(22)13(9-16(14)27-12-5-3-11(25)4-6-12)17-18(21)23-7-1-2-8-24(23)19(17)26/h4-7,10-11H,2-3,8-9H2,1H3;3-6,9-10,25H,1-2,7-8H2. The third-order valence-electron chi connectivity index (χ3n) is 9.22. The van der Waals surface area contributed by atoms with Crippen LogP contribution >= 0.6 is 46.4 Å². The molecule has 0 aliphatic carbocycles. The van der Waals surface area contributed by atoms with Crippen LogP contribution in [0.4, 0.5) is 8.78 Å². The predicted molar refractivity (Wildman–Crippen MR) is 206 cm³/mol. The number of nitrogens with zero attached hydrogens (tertiary/aromatic N) is 4. The van der Waals surface area contributed by atoms with Crippen molar-refractivity contribution in [3.05, 3.63) is 131 Å². The lowest BCUT2D eigenvalue weighted by molar-refractivity contribution is 0.356. The maximum atomic E-state index is 14.7. The molecule has 0 fully saturated rings. The lowest BCUT2D eigenvalue weighted by Crippen LogP contribution is -2.27. The van der Waals surface area contributed by atoms with Crippen molar-refractivity contribution in [1.29, 1.82) is 0 Å². The monoisotopic (exact) mass is 814 g/mol. The minimum Gasteiger partial charge on any atom is -0.508 e. The molecule has 0 atom stereocenters. The van der Waals surface area contributed by atoms with E-state index in [0.717, 1.165) is 43.4 Å². The fourth-order valence-electron chi connectivity index (χ4n) is 6.48. The first kappa shape index (κ1) is 37.6. The number of aromatic nitrogens is 4. The second-order valence-corrected chi connectivity index (χ2v) is 14.4. The van der Waals surface area contributed by atoms with Crippen molar-refractivity contribution in [2.45, 2.75) is 58.8 Å². The van der Waals surface area contributed by atoms with Crippen molar-refractivity contribution >= 4 is 46.4 Å². The lowest BCUT2D eigenvalue weighted by atomic mass is 10.1. The molecule has 2 aliphatic rings. The Morgan fingerprint density at radius 3 is 1.33 bits per heavy atom. The van der Waals surface area contributed by atoms with Crippen LogP contribution in [0, 0.1) is 18.6 Å². The summed E-state index contributed by atoms with van der Waals surface area (Å²) in [5, 5.41) is 9.99. The zero-order chi connectivity index (χ0) is 38.3. The van der Waals surface area contributed by atoms with E-state index in [2.05, 4.69) is 0 Å². The molecule has 0 amide bonds. The summed E-state index contributed by atoms with van der Waals surface area (Å²) >= 11 is 25.1. The predicted octanol–water partition coefficient (Wildman–Crippen LogP) is 10.7. The molecular formula is C39H32Cl4F2N4O5. The molecular weight excluding hydrogens is 784 g/mol. The van der Waals surface area contributed by atoms with E-state index in [0.29, 0.717) is 37.7 Å². The summed E-state index contributed by atoms with van der Waals surface area (Å²) < 4.78 is 47.3. The molecule has 0 saturated carbocycles. The van der Waals surface area contributed by atoms with Gasteiger partial charge in [-0.15, -0.1) is 0 Å². The van der Waals surface area contributed by atoms with Gasteiger partial charge in [0.25, 0.3) is 11.1 Å². The van der Waals surface area contributed by atoms with Crippen LogP contribution in [0.1, 0.15) is 31.2 Å². The summed E-state index contributed by atoms with van der Waals surface area (Å²) in [7, 11) is 0. The molecule has 280 valence electrons. The second-order valence-electron chi connectivity index (χ2n) is 12.9. The number of ether oxygens (including phenoxy) is 2. The highest BCUT2D eigenvalue weighted by Gasteiger charge is 2.27. The van der Waals surface area contributed by atoms with Crippen molar-refractivity contribution in [2.75, 3.05) is 0 Å². The Balaban J connectivity index is 0.000000167. The topological polar surface area (TPSA) is 92.6 Å². The SMILES string of the molecule is Cc1ccc(Oc2cc(-c3c(Cl)n4n(c3=O)CCCC4)c(F)cc2Cl)cc1.O=c1c(-c2cc(Oc3ccc(O)cc3)c(Cl)cc2F)c(Cl)n2n1CCCC2. The molecule has 2 aromatic heterocycles. The van der Waals surface area contributed by atoms with E-state index in [4.69, 9.17) is 55.9 Å². The van der Waals surface area contributed by atoms with Gasteiger partial charge in [-0.25, -0.2) is 18.1 Å². The number of benzene rings is 4. The van der Waals surface area contributed by atoms with E-state index in [-0.39, 0.29) is 71.0 Å². The number of rotatable bonds is 6. The maximum Gasteiger partial charge on any atom is 0.276 e. The molecule has 54 heavy (non-hydrogen) atoms. The van der Waals surface area contributed by atoms with E-state index < -0.39 is 11.6 Å². The Morgan fingerprint density at radius 2 is 0.944 bits per heavy atom. The van der Waals surface area contributed by atoms with Crippen LogP contribution in [0.25, 0.3) is 22.3 Å². The maximum absolute atomic E-state index is 14.7. The Morgan fingerprint density at radius 1 is 0.574 bits per heavy atom. The highest BCUT2D eigenvalue weighted by molar-refractivity contribution is 6.34. The van der Waals surface area contributed by atoms with E-state index in [1.807, 2.05) is 19.1 Å². The highest BCUT2D eigenvalue weighted by Crippen LogP contribution is 2.39. The van der Waals surface area contributed by atoms with E-state index in [1.54, 1.807) is 38.3 Å². The van der Waals surface area contributed by atoms with Crippen LogP contribution in [0.15, 0.2) is 82.4 Å². The van der Waals surface area contributed by atoms with Gasteiger partial charge in [-0.2, -0.15) is 0 Å². The number of halogens is 6. The number of hydrogen-bond donors (Lipinski definition) is 1. The zero-order valence-electron chi connectivity index (χ0n) is 28.7. The van der Waals surface area contributed by atoms with E-state index in [9.17, 15) is 23.5 Å². The first-order valence-corrected chi connectivity index (χ1v) is 18.6. The molecule has 0 saturated heterocycles. The van der Waals surface area contributed by atoms with E-state index >= 15 is 0 Å². The molecule has 4 aromatic carbocycles. The summed E-state index contributed by atoms with van der Waals surface area (Å²) in [5.41, 5.74) is 0.819. The minimum absolute atomic E-state index is 0.0394. The first-order chi connectivity index (χ1) is 25.9. The van der Waals surface area contributed by atoms with Gasteiger partial charge in [0.15, 0.2) is 0 Å². The molecule has 6 aromatic rings. The molecule has 0 spiro atoms. The number of phenolic OH excluding ortho intramolecular Hbond substituents is 1. The van der Waals surface area contributed by atoms with Gasteiger partial charge in [0.05, 0.1) is 21.2 Å². The zero-order valence-corrected chi connectivity index (χ0v) is 31.7. The molecule has 4 heterocycles. The Bertz CT molecular complexity index is 2320. The van der Waals surface area contributed by atoms with Crippen molar-refractivity contribution in [3.8, 4) is 51.0 Å². The average Bonchev–Trinajstić information content (AvgIpc) is 3.56. The Hall–Kier alpha value is -4.68. The number of fused-ring (bicyclic) bond motifs is 2. The fourth-order valence-corrected chi connectivity index (χ4v) is 7.57. The molecule has 8 rings (SSSR count). The van der Waals surface area contributed by atoms with Gasteiger partial charge in [0.2, 0.25) is 0 Å². The molecule has 9 nitrogen and oxygen atoms in total. The third-order valence-corrected chi connectivity index (χ3v) is 10.6. The second kappa shape index (κ2) is 15.6. The van der Waals surface area contributed by atoms with Crippen LogP contribution < -0.4 is 20.6 Å². The summed E-state index contributed by atoms with van der Waals surface area (Å²) in [6.07, 6.45) is 3.60. The molecule has 1 N–H and O–H groups in total.